The third-order valence-electron chi connectivity index (χ3n) is 16.4. The number of fused-ring (bicyclic) bond motifs is 9. The van der Waals surface area contributed by atoms with Gasteiger partial charge in [0.1, 0.15) is 11.6 Å². The molecule has 0 radical (unpaired) electrons. The number of hydrogen-bond donors (Lipinski definition) is 0. The number of imidazole rings is 4. The van der Waals surface area contributed by atoms with E-state index in [4.69, 9.17) is 0 Å². The zero-order valence-corrected chi connectivity index (χ0v) is 76.0. The van der Waals surface area contributed by atoms with Gasteiger partial charge >= 0.3 is 0 Å². The van der Waals surface area contributed by atoms with Crippen molar-refractivity contribution in [1.82, 2.24) is 97.7 Å². The molecule has 0 spiro atoms. The Kier molecular flexibility index (Phi) is 51.8. The van der Waals surface area contributed by atoms with Gasteiger partial charge in [0, 0.05) is 135 Å². The van der Waals surface area contributed by atoms with Gasteiger partial charge in [0.15, 0.2) is 5.65 Å². The Bertz CT molecular complexity index is 4900. The highest BCUT2D eigenvalue weighted by molar-refractivity contribution is 5.82. The van der Waals surface area contributed by atoms with Crippen molar-refractivity contribution < 1.29 is 0 Å². The number of aryl methyl sites for hydroxylation is 13. The number of benzene rings is 2. The summed E-state index contributed by atoms with van der Waals surface area (Å²) in [6, 6.07) is 45.6. The molecule has 16 aromatic heterocycles. The lowest BCUT2D eigenvalue weighted by Gasteiger charge is -1.97. The van der Waals surface area contributed by atoms with Crippen LogP contribution in [0.25, 0.3) is 88.5 Å². The molecule has 0 saturated carbocycles. The van der Waals surface area contributed by atoms with E-state index in [0.717, 1.165) is 107 Å². The van der Waals surface area contributed by atoms with Crippen LogP contribution in [0.5, 0.6) is 0 Å². The monoisotopic (exact) mass is 1580 g/mol. The predicted molar refractivity (Wildman–Crippen MR) is 499 cm³/mol. The van der Waals surface area contributed by atoms with Gasteiger partial charge < -0.3 is 9.13 Å². The summed E-state index contributed by atoms with van der Waals surface area (Å²) >= 11 is 0. The molecule has 620 valence electrons. The molecule has 20 heteroatoms. The summed E-state index contributed by atoms with van der Waals surface area (Å²) in [5.74, 6) is 3.68. The van der Waals surface area contributed by atoms with Crippen LogP contribution in [0.2, 0.25) is 0 Å². The molecule has 117 heavy (non-hydrogen) atoms. The Hall–Kier alpha value is -12.6. The van der Waals surface area contributed by atoms with Gasteiger partial charge in [0.2, 0.25) is 11.6 Å². The van der Waals surface area contributed by atoms with Crippen molar-refractivity contribution in [2.24, 2.45) is 14.1 Å². The summed E-state index contributed by atoms with van der Waals surface area (Å²) in [6.07, 6.45) is 29.0. The molecule has 20 nitrogen and oxygen atoms in total. The van der Waals surface area contributed by atoms with Gasteiger partial charge in [-0.2, -0.15) is 0 Å². The third kappa shape index (κ3) is 31.3. The molecule has 16 heterocycles. The van der Waals surface area contributed by atoms with Gasteiger partial charge in [-0.05, 0) is 219 Å². The molecule has 0 amide bonds. The van der Waals surface area contributed by atoms with Gasteiger partial charge in [-0.15, -0.1) is 0 Å². The van der Waals surface area contributed by atoms with Crippen LogP contribution < -0.4 is 0 Å². The second-order valence-corrected chi connectivity index (χ2v) is 23.1. The number of hydrogen-bond acceptors (Lipinski definition) is 16. The van der Waals surface area contributed by atoms with Gasteiger partial charge in [0.05, 0.1) is 72.8 Å². The van der Waals surface area contributed by atoms with Crippen LogP contribution in [-0.2, 0) is 14.1 Å². The Morgan fingerprint density at radius 2 is 0.581 bits per heavy atom. The fraction of sp³-hybridized carbons (Fsp3) is 0.320. The van der Waals surface area contributed by atoms with E-state index in [1.165, 1.54) is 44.2 Å². The summed E-state index contributed by atoms with van der Waals surface area (Å²) < 4.78 is 8.15. The minimum Gasteiger partial charge on any atom is -0.331 e. The van der Waals surface area contributed by atoms with Gasteiger partial charge in [-0.3, -0.25) is 48.7 Å². The van der Waals surface area contributed by atoms with Crippen LogP contribution in [0.15, 0.2) is 239 Å². The van der Waals surface area contributed by atoms with Crippen molar-refractivity contribution in [3.8, 4) is 0 Å². The SMILES string of the molecule is CC.CC.CC.CC.CC.CC.CC.CC.CC.Cc1ccnc2cccnc12.Cc1ccnc2cccnc12.Cc1ccnc2ccncc12.Cc1ccnc2cnccc12.Cc1ccnc2ncccc12.Cc1nc2ccccc2n1C.Cc1nc2ccccc2n1C.Cc1nc2ncccn2c1C.Cc1nc2ncccn2c1C. The normalized spacial score (nSPS) is 9.32. The highest BCUT2D eigenvalue weighted by Crippen LogP contribution is 2.19. The molecule has 0 N–H and O–H groups in total. The number of rotatable bonds is 0. The van der Waals surface area contributed by atoms with E-state index in [0.29, 0.717) is 0 Å². The standard InChI is InChI=1S/2C9H10N2.5C9H8N2.2C8H9N3.9C2H6/c2*1-7-10-8-5-3-4-6-9(8)11(7)2;1-7-2-5-11-9-3-4-10-6-8(7)9;1-7-2-5-11-9-6-10-4-3-8(7)9;2*1-7-4-6-10-8-3-2-5-11-9(7)8;1-7-4-6-11-9-8(7)3-2-5-10-9;2*1-6-7(2)11-5-3-4-9-8(11)10-6;9*1-2/h2*3-6H,1-2H3;5*2-6H,1H3;2*3-5H,1-2H3;9*1-2H3. The maximum Gasteiger partial charge on any atom is 0.234 e. The molecule has 0 aliphatic rings. The number of aromatic nitrogens is 20. The lowest BCUT2D eigenvalue weighted by molar-refractivity contribution is 0.886. The number of pyridine rings is 10. The first kappa shape index (κ1) is 102. The van der Waals surface area contributed by atoms with E-state index in [1.807, 2.05) is 355 Å². The van der Waals surface area contributed by atoms with E-state index in [-0.39, 0.29) is 0 Å². The second kappa shape index (κ2) is 59.2. The predicted octanol–water partition coefficient (Wildman–Crippen LogP) is 25.4. The molecule has 0 fully saturated rings. The third-order valence-corrected chi connectivity index (χ3v) is 16.4. The van der Waals surface area contributed by atoms with Crippen LogP contribution in [-0.4, -0.2) is 97.7 Å². The molecule has 2 aromatic carbocycles. The Labute approximate surface area is 698 Å². The van der Waals surface area contributed by atoms with Gasteiger partial charge in [-0.1, -0.05) is 149 Å². The summed E-state index contributed by atoms with van der Waals surface area (Å²) in [7, 11) is 4.06. The average molecular weight is 1580 g/mol. The molecule has 0 saturated heterocycles. The first-order valence-corrected chi connectivity index (χ1v) is 41.1. The van der Waals surface area contributed by atoms with Crippen molar-refractivity contribution >= 4 is 88.5 Å². The quantitative estimate of drug-likeness (QED) is 0.138. The molecule has 0 aliphatic heterocycles. The fourth-order valence-corrected chi connectivity index (χ4v) is 10.4. The van der Waals surface area contributed by atoms with Gasteiger partial charge in [0.25, 0.3) is 0 Å². The maximum atomic E-state index is 4.38. The van der Waals surface area contributed by atoms with E-state index in [2.05, 4.69) is 122 Å². The molecular weight excluding hydrogens is 1450 g/mol. The highest BCUT2D eigenvalue weighted by Gasteiger charge is 2.06. The molecule has 0 bridgehead atoms. The van der Waals surface area contributed by atoms with Crippen molar-refractivity contribution in [3.05, 3.63) is 301 Å². The summed E-state index contributed by atoms with van der Waals surface area (Å²) in [5, 5.41) is 3.45. The lowest BCUT2D eigenvalue weighted by Crippen LogP contribution is -1.89. The first-order chi connectivity index (χ1) is 57.0. The minimum atomic E-state index is 0.780. The van der Waals surface area contributed by atoms with Crippen LogP contribution in [0.3, 0.4) is 0 Å². The zero-order valence-electron chi connectivity index (χ0n) is 76.0. The van der Waals surface area contributed by atoms with Crippen molar-refractivity contribution in [1.29, 1.82) is 0 Å². The maximum absolute atomic E-state index is 4.38. The van der Waals surface area contributed by atoms with E-state index < -0.39 is 0 Å². The molecular formula is C97H132N20. The summed E-state index contributed by atoms with van der Waals surface area (Å²) in [6.45, 7) is 58.4. The summed E-state index contributed by atoms with van der Waals surface area (Å²) in [5.41, 5.74) is 21.7. The Morgan fingerprint density at radius 3 is 0.991 bits per heavy atom. The number of nitrogens with zero attached hydrogens (tertiary/aromatic N) is 20. The molecule has 0 aliphatic carbocycles. The van der Waals surface area contributed by atoms with E-state index >= 15 is 0 Å². The van der Waals surface area contributed by atoms with Crippen molar-refractivity contribution in [2.75, 3.05) is 0 Å². The van der Waals surface area contributed by atoms with E-state index in [9.17, 15) is 0 Å². The van der Waals surface area contributed by atoms with Crippen LogP contribution in [0.4, 0.5) is 0 Å². The lowest BCUT2D eigenvalue weighted by atomic mass is 10.2. The van der Waals surface area contributed by atoms with Gasteiger partial charge in [-0.25, -0.2) is 39.9 Å². The average Bonchev–Trinajstić information content (AvgIpc) is 1.74. The minimum absolute atomic E-state index is 0.780. The van der Waals surface area contributed by atoms with Crippen LogP contribution in [0.1, 0.15) is 187 Å². The smallest absolute Gasteiger partial charge is 0.234 e. The molecule has 0 atom stereocenters. The van der Waals surface area contributed by atoms with Crippen LogP contribution >= 0.6 is 0 Å². The topological polar surface area (TPSA) is 225 Å². The van der Waals surface area contributed by atoms with Crippen molar-refractivity contribution in [3.63, 3.8) is 0 Å². The molecule has 18 rings (SSSR count). The Balaban J connectivity index is 0.000000642. The largest absolute Gasteiger partial charge is 0.331 e. The van der Waals surface area contributed by atoms with Crippen LogP contribution in [0, 0.1) is 76.2 Å². The second-order valence-electron chi connectivity index (χ2n) is 23.1. The number of para-hydroxylation sites is 4. The van der Waals surface area contributed by atoms with E-state index in [1.54, 1.807) is 74.4 Å². The molecule has 0 unspecified atom stereocenters. The fourth-order valence-electron chi connectivity index (χ4n) is 10.4. The first-order valence-electron chi connectivity index (χ1n) is 41.1. The summed E-state index contributed by atoms with van der Waals surface area (Å²) in [4.78, 5) is 67.0. The van der Waals surface area contributed by atoms with Crippen molar-refractivity contribution in [2.45, 2.75) is 201 Å². The highest BCUT2D eigenvalue weighted by atomic mass is 15.1. The zero-order chi connectivity index (χ0) is 87.8. The Morgan fingerprint density at radius 1 is 0.239 bits per heavy atom. The molecule has 18 aromatic rings.